The Morgan fingerprint density at radius 3 is 2.24 bits per heavy atom. The fourth-order valence-corrected chi connectivity index (χ4v) is 9.32. The molecule has 0 bridgehead atoms. The summed E-state index contributed by atoms with van der Waals surface area (Å²) in [4.78, 5) is 11.4. The van der Waals surface area contributed by atoms with E-state index in [1.165, 1.54) is 44.9 Å². The molecular weight excluding hydrogens is 425 g/mol. The summed E-state index contributed by atoms with van der Waals surface area (Å²) in [6.45, 7) is 12.2. The van der Waals surface area contributed by atoms with E-state index in [4.69, 9.17) is 4.74 Å². The molecule has 2 nitrogen and oxygen atoms in total. The normalized spacial score (nSPS) is 44.0. The molecule has 5 heteroatoms. The molecule has 0 amide bonds. The Balaban J connectivity index is 1.43. The highest BCUT2D eigenvalue weighted by Crippen LogP contribution is 2.68. The summed E-state index contributed by atoms with van der Waals surface area (Å²) in [7, 11) is 0. The average molecular weight is 471 g/mol. The van der Waals surface area contributed by atoms with Crippen LogP contribution in [0.3, 0.4) is 0 Å². The first-order chi connectivity index (χ1) is 15.4. The number of halogens is 3. The molecule has 190 valence electrons. The van der Waals surface area contributed by atoms with Crippen LogP contribution < -0.4 is 0 Å². The predicted octanol–water partition coefficient (Wildman–Crippen LogP) is 8.19. The fraction of sp³-hybridized carbons (Fsp3) is 0.964. The van der Waals surface area contributed by atoms with Crippen molar-refractivity contribution in [2.75, 3.05) is 0 Å². The van der Waals surface area contributed by atoms with Crippen molar-refractivity contribution in [3.8, 4) is 0 Å². The summed E-state index contributed by atoms with van der Waals surface area (Å²) in [5.74, 6) is 3.02. The van der Waals surface area contributed by atoms with Gasteiger partial charge in [-0.3, -0.25) is 0 Å². The third-order valence-electron chi connectivity index (χ3n) is 11.1. The van der Waals surface area contributed by atoms with E-state index in [9.17, 15) is 18.0 Å². The van der Waals surface area contributed by atoms with Crippen molar-refractivity contribution in [1.29, 1.82) is 0 Å². The van der Waals surface area contributed by atoms with Crippen molar-refractivity contribution in [3.05, 3.63) is 0 Å². The number of rotatable bonds is 5. The Hall–Kier alpha value is -0.740. The molecule has 0 spiro atoms. The molecule has 4 aliphatic rings. The lowest BCUT2D eigenvalue weighted by Crippen LogP contribution is -2.54. The molecule has 0 N–H and O–H groups in total. The second-order valence-electron chi connectivity index (χ2n) is 13.1. The second kappa shape index (κ2) is 9.04. The van der Waals surface area contributed by atoms with Crippen molar-refractivity contribution in [1.82, 2.24) is 0 Å². The summed E-state index contributed by atoms with van der Waals surface area (Å²) in [5.41, 5.74) is 0.646. The topological polar surface area (TPSA) is 26.3 Å². The van der Waals surface area contributed by atoms with Gasteiger partial charge >= 0.3 is 12.1 Å². The Morgan fingerprint density at radius 2 is 1.58 bits per heavy atom. The van der Waals surface area contributed by atoms with E-state index in [-0.39, 0.29) is 5.41 Å². The van der Waals surface area contributed by atoms with E-state index in [0.29, 0.717) is 30.1 Å². The highest BCUT2D eigenvalue weighted by molar-refractivity contribution is 5.75. The Bertz CT molecular complexity index is 718. The van der Waals surface area contributed by atoms with Crippen molar-refractivity contribution in [2.45, 2.75) is 118 Å². The van der Waals surface area contributed by atoms with Crippen molar-refractivity contribution in [3.63, 3.8) is 0 Å². The van der Waals surface area contributed by atoms with E-state index in [1.807, 2.05) is 0 Å². The van der Waals surface area contributed by atoms with E-state index in [2.05, 4.69) is 34.6 Å². The zero-order valence-corrected chi connectivity index (χ0v) is 21.3. The molecule has 0 saturated heterocycles. The van der Waals surface area contributed by atoms with Gasteiger partial charge in [0.25, 0.3) is 0 Å². The number of ether oxygens (including phenoxy) is 1. The largest absolute Gasteiger partial charge is 0.490 e. The third-order valence-corrected chi connectivity index (χ3v) is 11.1. The van der Waals surface area contributed by atoms with E-state index in [0.717, 1.165) is 42.4 Å². The SMILES string of the molecule is CC(C)CCC(C)C1CCC2C3CCC4CC(OC(=O)C(F)(F)F)CCC4(C)C3CCC12C. The van der Waals surface area contributed by atoms with Gasteiger partial charge in [0.1, 0.15) is 6.10 Å². The van der Waals surface area contributed by atoms with E-state index < -0.39 is 18.2 Å². The Kier molecular flexibility index (Phi) is 6.95. The van der Waals surface area contributed by atoms with Gasteiger partial charge in [0.05, 0.1) is 0 Å². The fourth-order valence-electron chi connectivity index (χ4n) is 9.32. The summed E-state index contributed by atoms with van der Waals surface area (Å²) >= 11 is 0. The molecule has 0 radical (unpaired) electrons. The van der Waals surface area contributed by atoms with Gasteiger partial charge in [-0.05, 0) is 110 Å². The molecule has 0 aromatic rings. The average Bonchev–Trinajstić information content (AvgIpc) is 3.08. The van der Waals surface area contributed by atoms with Crippen molar-refractivity contribution in [2.24, 2.45) is 52.3 Å². The van der Waals surface area contributed by atoms with Crippen LogP contribution in [0.2, 0.25) is 0 Å². The van der Waals surface area contributed by atoms with E-state index in [1.54, 1.807) is 0 Å². The molecule has 0 aliphatic heterocycles. The molecule has 4 saturated carbocycles. The minimum Gasteiger partial charge on any atom is -0.456 e. The van der Waals surface area contributed by atoms with Crippen LogP contribution in [0.25, 0.3) is 0 Å². The predicted molar refractivity (Wildman–Crippen MR) is 124 cm³/mol. The minimum atomic E-state index is -4.89. The van der Waals surface area contributed by atoms with Crippen LogP contribution in [-0.4, -0.2) is 18.2 Å². The van der Waals surface area contributed by atoms with Gasteiger partial charge in [-0.1, -0.05) is 47.5 Å². The standard InChI is InChI=1S/C28H45F3O2/c1-17(2)6-7-18(3)22-10-11-23-21-9-8-19-16-20(33-25(32)28(29,30)31)12-14-26(19,4)24(21)13-15-27(22,23)5/h17-24H,6-16H2,1-5H3. The number of fused-ring (bicyclic) bond motifs is 5. The van der Waals surface area contributed by atoms with Gasteiger partial charge in [-0.2, -0.15) is 13.2 Å². The van der Waals surface area contributed by atoms with Crippen LogP contribution in [0.4, 0.5) is 13.2 Å². The highest BCUT2D eigenvalue weighted by Gasteiger charge is 2.61. The van der Waals surface area contributed by atoms with Crippen molar-refractivity contribution >= 4 is 5.97 Å². The number of hydrogen-bond donors (Lipinski definition) is 0. The van der Waals surface area contributed by atoms with Crippen LogP contribution in [0, 0.1) is 52.3 Å². The maximum atomic E-state index is 12.7. The lowest BCUT2D eigenvalue weighted by molar-refractivity contribution is -0.210. The highest BCUT2D eigenvalue weighted by atomic mass is 19.4. The lowest BCUT2D eigenvalue weighted by atomic mass is 9.44. The summed E-state index contributed by atoms with van der Waals surface area (Å²) in [6.07, 6.45) is 6.89. The van der Waals surface area contributed by atoms with Gasteiger partial charge in [-0.25, -0.2) is 4.79 Å². The number of carbonyl (C=O) groups excluding carboxylic acids is 1. The molecule has 4 fully saturated rings. The molecule has 9 unspecified atom stereocenters. The number of hydrogen-bond acceptors (Lipinski definition) is 2. The first-order valence-electron chi connectivity index (χ1n) is 13.6. The van der Waals surface area contributed by atoms with Crippen LogP contribution in [0.15, 0.2) is 0 Å². The maximum Gasteiger partial charge on any atom is 0.490 e. The van der Waals surface area contributed by atoms with Gasteiger partial charge in [-0.15, -0.1) is 0 Å². The van der Waals surface area contributed by atoms with Crippen LogP contribution in [0.5, 0.6) is 0 Å². The van der Waals surface area contributed by atoms with Gasteiger partial charge < -0.3 is 4.74 Å². The molecule has 4 rings (SSSR count). The van der Waals surface area contributed by atoms with Crippen molar-refractivity contribution < 1.29 is 22.7 Å². The first kappa shape index (κ1) is 25.4. The smallest absolute Gasteiger partial charge is 0.456 e. The van der Waals surface area contributed by atoms with E-state index >= 15 is 0 Å². The Labute approximate surface area is 198 Å². The molecule has 9 atom stereocenters. The Morgan fingerprint density at radius 1 is 0.909 bits per heavy atom. The van der Waals surface area contributed by atoms with Gasteiger partial charge in [0, 0.05) is 0 Å². The zero-order valence-electron chi connectivity index (χ0n) is 21.3. The monoisotopic (exact) mass is 470 g/mol. The molecule has 33 heavy (non-hydrogen) atoms. The molecule has 0 aromatic carbocycles. The second-order valence-corrected chi connectivity index (χ2v) is 13.1. The number of esters is 1. The number of carbonyl (C=O) groups is 1. The van der Waals surface area contributed by atoms with Crippen LogP contribution in [-0.2, 0) is 9.53 Å². The molecular formula is C28H45F3O2. The summed E-state index contributed by atoms with van der Waals surface area (Å²) < 4.78 is 43.0. The van der Waals surface area contributed by atoms with Gasteiger partial charge in [0.2, 0.25) is 0 Å². The first-order valence-corrected chi connectivity index (χ1v) is 13.6. The van der Waals surface area contributed by atoms with Crippen LogP contribution in [0.1, 0.15) is 105 Å². The molecule has 4 aliphatic carbocycles. The molecule has 0 heterocycles. The maximum absolute atomic E-state index is 12.7. The number of alkyl halides is 3. The minimum absolute atomic E-state index is 0.187. The van der Waals surface area contributed by atoms with Gasteiger partial charge in [0.15, 0.2) is 0 Å². The summed E-state index contributed by atoms with van der Waals surface area (Å²) in [6, 6.07) is 0. The lowest BCUT2D eigenvalue weighted by Gasteiger charge is -2.61. The molecule has 0 aromatic heterocycles. The van der Waals surface area contributed by atoms with Crippen LogP contribution >= 0.6 is 0 Å². The third kappa shape index (κ3) is 4.60. The quantitative estimate of drug-likeness (QED) is 0.379. The zero-order chi connectivity index (χ0) is 24.2. The summed E-state index contributed by atoms with van der Waals surface area (Å²) in [5, 5.41) is 0.